The number of carboxylic acids is 1. The van der Waals surface area contributed by atoms with Crippen LogP contribution in [0.4, 0.5) is 0 Å². The van der Waals surface area contributed by atoms with Crippen LogP contribution in [0.25, 0.3) is 11.0 Å². The lowest BCUT2D eigenvalue weighted by atomic mass is 10.0. The Morgan fingerprint density at radius 1 is 1.40 bits per heavy atom. The molecule has 1 aliphatic carbocycles. The van der Waals surface area contributed by atoms with Gasteiger partial charge in [0.1, 0.15) is 5.82 Å². The van der Waals surface area contributed by atoms with Crippen molar-refractivity contribution in [3.63, 3.8) is 0 Å². The molecule has 3 rings (SSSR count). The Morgan fingerprint density at radius 2 is 2.20 bits per heavy atom. The fourth-order valence-corrected chi connectivity index (χ4v) is 3.30. The van der Waals surface area contributed by atoms with E-state index in [9.17, 15) is 4.79 Å². The first-order chi connectivity index (χ1) is 9.70. The molecule has 0 amide bonds. The maximum absolute atomic E-state index is 11.1. The van der Waals surface area contributed by atoms with Crippen molar-refractivity contribution in [1.29, 1.82) is 0 Å². The van der Waals surface area contributed by atoms with E-state index in [1.54, 1.807) is 0 Å². The predicted molar refractivity (Wildman–Crippen MR) is 77.7 cm³/mol. The second kappa shape index (κ2) is 5.27. The van der Waals surface area contributed by atoms with Crippen molar-refractivity contribution in [2.75, 3.05) is 0 Å². The van der Waals surface area contributed by atoms with Crippen LogP contribution in [-0.2, 0) is 11.3 Å². The molecule has 0 spiro atoms. The Labute approximate surface area is 118 Å². The Bertz CT molecular complexity index is 632. The molecule has 20 heavy (non-hydrogen) atoms. The average Bonchev–Trinajstić information content (AvgIpc) is 3.04. The SMILES string of the molecule is CCCn1c(C2CCC(C(=O)O)C2)nc2ccccc21. The molecule has 4 heteroatoms. The first-order valence-electron chi connectivity index (χ1n) is 7.38. The number of fused-ring (bicyclic) bond motifs is 1. The summed E-state index contributed by atoms with van der Waals surface area (Å²) in [5.74, 6) is 0.507. The van der Waals surface area contributed by atoms with Crippen molar-refractivity contribution in [3.05, 3.63) is 30.1 Å². The van der Waals surface area contributed by atoms with Crippen molar-refractivity contribution in [2.24, 2.45) is 5.92 Å². The third-order valence-corrected chi connectivity index (χ3v) is 4.28. The molecule has 0 bridgehead atoms. The molecule has 0 saturated heterocycles. The fourth-order valence-electron chi connectivity index (χ4n) is 3.30. The van der Waals surface area contributed by atoms with Gasteiger partial charge >= 0.3 is 5.97 Å². The summed E-state index contributed by atoms with van der Waals surface area (Å²) in [6.07, 6.45) is 3.49. The zero-order valence-electron chi connectivity index (χ0n) is 11.7. The highest BCUT2D eigenvalue weighted by atomic mass is 16.4. The smallest absolute Gasteiger partial charge is 0.306 e. The molecule has 1 fully saturated rings. The third-order valence-electron chi connectivity index (χ3n) is 4.28. The number of carbonyl (C=O) groups is 1. The molecule has 1 aromatic heterocycles. The number of carboxylic acid groups (broad SMARTS) is 1. The van der Waals surface area contributed by atoms with Gasteiger partial charge in [0.05, 0.1) is 17.0 Å². The zero-order valence-corrected chi connectivity index (χ0v) is 11.7. The first-order valence-corrected chi connectivity index (χ1v) is 7.38. The van der Waals surface area contributed by atoms with Crippen LogP contribution >= 0.6 is 0 Å². The minimum absolute atomic E-state index is 0.199. The number of para-hydroxylation sites is 2. The maximum atomic E-state index is 11.1. The molecule has 1 saturated carbocycles. The molecule has 2 atom stereocenters. The Hall–Kier alpha value is -1.84. The standard InChI is InChI=1S/C16H20N2O2/c1-2-9-18-14-6-4-3-5-13(14)17-15(18)11-7-8-12(10-11)16(19)20/h3-6,11-12H,2,7-10H2,1H3,(H,19,20). The van der Waals surface area contributed by atoms with Gasteiger partial charge in [0.2, 0.25) is 0 Å². The van der Waals surface area contributed by atoms with Crippen LogP contribution in [-0.4, -0.2) is 20.6 Å². The second-order valence-electron chi connectivity index (χ2n) is 5.66. The number of nitrogens with zero attached hydrogens (tertiary/aromatic N) is 2. The van der Waals surface area contributed by atoms with Crippen molar-refractivity contribution < 1.29 is 9.90 Å². The fraction of sp³-hybridized carbons (Fsp3) is 0.500. The van der Waals surface area contributed by atoms with Gasteiger partial charge in [0.15, 0.2) is 0 Å². The number of imidazole rings is 1. The van der Waals surface area contributed by atoms with Gasteiger partial charge in [0, 0.05) is 12.5 Å². The van der Waals surface area contributed by atoms with E-state index in [-0.39, 0.29) is 11.8 Å². The molecule has 1 N–H and O–H groups in total. The van der Waals surface area contributed by atoms with Gasteiger partial charge in [-0.05, 0) is 37.8 Å². The molecule has 0 aliphatic heterocycles. The number of aryl methyl sites for hydroxylation is 1. The topological polar surface area (TPSA) is 55.1 Å². The summed E-state index contributed by atoms with van der Waals surface area (Å²) in [4.78, 5) is 15.9. The summed E-state index contributed by atoms with van der Waals surface area (Å²) in [6, 6.07) is 8.18. The van der Waals surface area contributed by atoms with E-state index in [1.807, 2.05) is 18.2 Å². The average molecular weight is 272 g/mol. The number of hydrogen-bond donors (Lipinski definition) is 1. The van der Waals surface area contributed by atoms with E-state index < -0.39 is 5.97 Å². The van der Waals surface area contributed by atoms with E-state index in [4.69, 9.17) is 10.1 Å². The van der Waals surface area contributed by atoms with Gasteiger partial charge in [-0.1, -0.05) is 19.1 Å². The zero-order chi connectivity index (χ0) is 14.1. The highest BCUT2D eigenvalue weighted by molar-refractivity contribution is 5.76. The van der Waals surface area contributed by atoms with Crippen molar-refractivity contribution in [1.82, 2.24) is 9.55 Å². The summed E-state index contributed by atoms with van der Waals surface area (Å²) in [5.41, 5.74) is 2.19. The molecule has 4 nitrogen and oxygen atoms in total. The van der Waals surface area contributed by atoms with Gasteiger partial charge in [-0.3, -0.25) is 4.79 Å². The van der Waals surface area contributed by atoms with Crippen LogP contribution in [0, 0.1) is 5.92 Å². The van der Waals surface area contributed by atoms with Crippen LogP contribution in [0.2, 0.25) is 0 Å². The van der Waals surface area contributed by atoms with Crippen LogP contribution < -0.4 is 0 Å². The van der Waals surface area contributed by atoms with Crippen LogP contribution in [0.15, 0.2) is 24.3 Å². The molecular formula is C16H20N2O2. The third kappa shape index (κ3) is 2.19. The van der Waals surface area contributed by atoms with Gasteiger partial charge in [0.25, 0.3) is 0 Å². The minimum Gasteiger partial charge on any atom is -0.481 e. The molecule has 1 aromatic carbocycles. The predicted octanol–water partition coefficient (Wildman–Crippen LogP) is 3.41. The van der Waals surface area contributed by atoms with Crippen molar-refractivity contribution in [2.45, 2.75) is 45.1 Å². The maximum Gasteiger partial charge on any atom is 0.306 e. The summed E-state index contributed by atoms with van der Waals surface area (Å²) in [7, 11) is 0. The van der Waals surface area contributed by atoms with E-state index in [2.05, 4.69) is 17.6 Å². The molecule has 1 aliphatic rings. The van der Waals surface area contributed by atoms with Gasteiger partial charge in [-0.25, -0.2) is 4.98 Å². The highest BCUT2D eigenvalue weighted by Crippen LogP contribution is 2.39. The van der Waals surface area contributed by atoms with Crippen LogP contribution in [0.3, 0.4) is 0 Å². The monoisotopic (exact) mass is 272 g/mol. The van der Waals surface area contributed by atoms with Crippen LogP contribution in [0.1, 0.15) is 44.3 Å². The number of rotatable bonds is 4. The molecule has 0 radical (unpaired) electrons. The molecular weight excluding hydrogens is 252 g/mol. The second-order valence-corrected chi connectivity index (χ2v) is 5.66. The Balaban J connectivity index is 1.98. The lowest BCUT2D eigenvalue weighted by Gasteiger charge is -2.13. The number of benzene rings is 1. The van der Waals surface area contributed by atoms with Crippen LogP contribution in [0.5, 0.6) is 0 Å². The lowest BCUT2D eigenvalue weighted by Crippen LogP contribution is -2.11. The summed E-state index contributed by atoms with van der Waals surface area (Å²) < 4.78 is 2.28. The number of aliphatic carboxylic acids is 1. The molecule has 2 unspecified atom stereocenters. The summed E-state index contributed by atoms with van der Waals surface area (Å²) in [6.45, 7) is 3.11. The first kappa shape index (κ1) is 13.2. The van der Waals surface area contributed by atoms with E-state index >= 15 is 0 Å². The van der Waals surface area contributed by atoms with Gasteiger partial charge in [-0.2, -0.15) is 0 Å². The van der Waals surface area contributed by atoms with Gasteiger partial charge in [-0.15, -0.1) is 0 Å². The van der Waals surface area contributed by atoms with E-state index in [1.165, 1.54) is 5.52 Å². The quantitative estimate of drug-likeness (QED) is 0.927. The molecule has 2 aromatic rings. The number of hydrogen-bond acceptors (Lipinski definition) is 2. The van der Waals surface area contributed by atoms with Crippen molar-refractivity contribution in [3.8, 4) is 0 Å². The van der Waals surface area contributed by atoms with E-state index in [0.717, 1.165) is 43.6 Å². The Morgan fingerprint density at radius 3 is 2.90 bits per heavy atom. The Kier molecular flexibility index (Phi) is 3.47. The van der Waals surface area contributed by atoms with E-state index in [0.29, 0.717) is 0 Å². The van der Waals surface area contributed by atoms with Crippen molar-refractivity contribution >= 4 is 17.0 Å². The molecule has 1 heterocycles. The largest absolute Gasteiger partial charge is 0.481 e. The highest BCUT2D eigenvalue weighted by Gasteiger charge is 2.33. The number of aromatic nitrogens is 2. The normalized spacial score (nSPS) is 22.4. The summed E-state index contributed by atoms with van der Waals surface area (Å²) >= 11 is 0. The minimum atomic E-state index is -0.661. The lowest BCUT2D eigenvalue weighted by molar-refractivity contribution is -0.141. The summed E-state index contributed by atoms with van der Waals surface area (Å²) in [5, 5.41) is 9.16. The van der Waals surface area contributed by atoms with Gasteiger partial charge < -0.3 is 9.67 Å². The molecule has 106 valence electrons.